The number of hydrogen-bond acceptors (Lipinski definition) is 6. The Hall–Kier alpha value is -3.64. The Bertz CT molecular complexity index is 1390. The monoisotopic (exact) mass is 499 g/mol. The standard InChI is InChI=1S/C28H33N7O2/c1-18-10-20-11-24(22-14-30-32(3)16-22)21(13-29)12-27(20)34(15-18)28-25-17-33(19(2)36)7-4-26(25)35(31-28)23-5-8-37-9-6-23/h11-12,14,16,18,23H,4-10,15,17H2,1-3H3/t18-/m0/s1. The number of aryl methyl sites for hydroxylation is 1. The van der Waals surface area contributed by atoms with Gasteiger partial charge >= 0.3 is 0 Å². The van der Waals surface area contributed by atoms with Crippen molar-refractivity contribution in [1.29, 1.82) is 5.26 Å². The van der Waals surface area contributed by atoms with Crippen molar-refractivity contribution >= 4 is 17.4 Å². The van der Waals surface area contributed by atoms with E-state index in [-0.39, 0.29) is 5.91 Å². The number of amides is 1. The molecule has 0 spiro atoms. The van der Waals surface area contributed by atoms with Crippen molar-refractivity contribution in [3.05, 3.63) is 46.9 Å². The first-order valence-corrected chi connectivity index (χ1v) is 13.2. The molecule has 0 N–H and O–H groups in total. The van der Waals surface area contributed by atoms with E-state index in [1.165, 1.54) is 11.3 Å². The number of nitriles is 1. The van der Waals surface area contributed by atoms with E-state index in [1.54, 1.807) is 11.6 Å². The van der Waals surface area contributed by atoms with Gasteiger partial charge < -0.3 is 14.5 Å². The number of ether oxygens (including phenoxy) is 1. The summed E-state index contributed by atoms with van der Waals surface area (Å²) in [5.41, 5.74) is 7.14. The van der Waals surface area contributed by atoms with Crippen LogP contribution in [0.3, 0.4) is 0 Å². The van der Waals surface area contributed by atoms with Crippen molar-refractivity contribution in [3.63, 3.8) is 0 Å². The molecule has 0 unspecified atom stereocenters. The molecule has 3 aliphatic rings. The Labute approximate surface area is 217 Å². The zero-order valence-corrected chi connectivity index (χ0v) is 21.8. The second-order valence-corrected chi connectivity index (χ2v) is 10.7. The highest BCUT2D eigenvalue weighted by Crippen LogP contribution is 2.42. The number of carbonyl (C=O) groups is 1. The number of benzene rings is 1. The fraction of sp³-hybridized carbons (Fsp3) is 0.500. The number of nitrogens with zero attached hydrogens (tertiary/aromatic N) is 7. The van der Waals surface area contributed by atoms with E-state index in [0.717, 1.165) is 80.2 Å². The maximum absolute atomic E-state index is 12.3. The van der Waals surface area contributed by atoms with Crippen molar-refractivity contribution in [1.82, 2.24) is 24.5 Å². The minimum absolute atomic E-state index is 0.0932. The molecular formula is C28H33N7O2. The van der Waals surface area contributed by atoms with E-state index in [4.69, 9.17) is 9.84 Å². The molecular weight excluding hydrogens is 466 g/mol. The summed E-state index contributed by atoms with van der Waals surface area (Å²) < 4.78 is 9.63. The molecule has 3 aliphatic heterocycles. The quantitative estimate of drug-likeness (QED) is 0.545. The molecule has 0 saturated carbocycles. The first-order valence-electron chi connectivity index (χ1n) is 13.2. The highest BCUT2D eigenvalue weighted by Gasteiger charge is 2.34. The van der Waals surface area contributed by atoms with Crippen LogP contribution in [0.4, 0.5) is 11.5 Å². The molecule has 192 valence electrons. The largest absolute Gasteiger partial charge is 0.381 e. The highest BCUT2D eigenvalue weighted by molar-refractivity contribution is 5.79. The number of hydrogen-bond donors (Lipinski definition) is 0. The molecule has 0 aliphatic carbocycles. The lowest BCUT2D eigenvalue weighted by atomic mass is 9.89. The number of carbonyl (C=O) groups excluding carboxylic acids is 1. The average Bonchev–Trinajstić information content (AvgIpc) is 3.51. The lowest BCUT2D eigenvalue weighted by Crippen LogP contribution is -2.36. The first kappa shape index (κ1) is 23.7. The van der Waals surface area contributed by atoms with Crippen LogP contribution in [0.5, 0.6) is 0 Å². The molecule has 9 nitrogen and oxygen atoms in total. The third-order valence-electron chi connectivity index (χ3n) is 8.01. The van der Waals surface area contributed by atoms with Crippen molar-refractivity contribution in [2.45, 2.75) is 52.1 Å². The molecule has 3 aromatic rings. The summed E-state index contributed by atoms with van der Waals surface area (Å²) in [7, 11) is 1.89. The van der Waals surface area contributed by atoms with Gasteiger partial charge in [0.1, 0.15) is 0 Å². The van der Waals surface area contributed by atoms with Crippen LogP contribution in [0, 0.1) is 17.2 Å². The van der Waals surface area contributed by atoms with Gasteiger partial charge in [-0.25, -0.2) is 0 Å². The van der Waals surface area contributed by atoms with E-state index < -0.39 is 0 Å². The maximum atomic E-state index is 12.3. The van der Waals surface area contributed by atoms with Gasteiger partial charge in [0, 0.05) is 81.0 Å². The molecule has 9 heteroatoms. The van der Waals surface area contributed by atoms with Crippen LogP contribution in [-0.2, 0) is 36.0 Å². The molecule has 37 heavy (non-hydrogen) atoms. The molecule has 6 rings (SSSR count). The fourth-order valence-electron chi connectivity index (χ4n) is 6.14. The summed E-state index contributed by atoms with van der Waals surface area (Å²) in [5, 5.41) is 19.7. The molecule has 0 bridgehead atoms. The van der Waals surface area contributed by atoms with Gasteiger partial charge in [-0.15, -0.1) is 0 Å². The van der Waals surface area contributed by atoms with Crippen molar-refractivity contribution in [2.75, 3.05) is 31.2 Å². The molecule has 1 fully saturated rings. The van der Waals surface area contributed by atoms with Crippen LogP contribution in [0.25, 0.3) is 11.1 Å². The normalized spacial score (nSPS) is 19.9. The Morgan fingerprint density at radius 2 is 2.05 bits per heavy atom. The highest BCUT2D eigenvalue weighted by atomic mass is 16.5. The zero-order valence-electron chi connectivity index (χ0n) is 21.8. The number of rotatable bonds is 3. The van der Waals surface area contributed by atoms with Crippen molar-refractivity contribution in [3.8, 4) is 17.2 Å². The van der Waals surface area contributed by atoms with Gasteiger partial charge in [-0.05, 0) is 42.9 Å². The summed E-state index contributed by atoms with van der Waals surface area (Å²) in [6.45, 7) is 7.52. The van der Waals surface area contributed by atoms with Crippen LogP contribution in [0.15, 0.2) is 24.5 Å². The van der Waals surface area contributed by atoms with E-state index in [9.17, 15) is 10.1 Å². The van der Waals surface area contributed by atoms with Gasteiger partial charge in [-0.1, -0.05) is 6.92 Å². The van der Waals surface area contributed by atoms with Gasteiger partial charge in [0.2, 0.25) is 5.91 Å². The molecule has 0 radical (unpaired) electrons. The van der Waals surface area contributed by atoms with Crippen LogP contribution in [-0.4, -0.2) is 56.7 Å². The molecule has 1 aromatic carbocycles. The van der Waals surface area contributed by atoms with E-state index in [2.05, 4.69) is 33.7 Å². The minimum Gasteiger partial charge on any atom is -0.381 e. The van der Waals surface area contributed by atoms with Gasteiger partial charge in [0.25, 0.3) is 0 Å². The smallest absolute Gasteiger partial charge is 0.219 e. The lowest BCUT2D eigenvalue weighted by molar-refractivity contribution is -0.129. The molecule has 1 saturated heterocycles. The summed E-state index contributed by atoms with van der Waals surface area (Å²) >= 11 is 0. The third kappa shape index (κ3) is 4.19. The second-order valence-electron chi connectivity index (χ2n) is 10.7. The van der Waals surface area contributed by atoms with Crippen LogP contribution in [0.2, 0.25) is 0 Å². The lowest BCUT2D eigenvalue weighted by Gasteiger charge is -2.35. The van der Waals surface area contributed by atoms with E-state index >= 15 is 0 Å². The van der Waals surface area contributed by atoms with Crippen molar-refractivity contribution in [2.24, 2.45) is 13.0 Å². The third-order valence-corrected chi connectivity index (χ3v) is 8.01. The predicted molar refractivity (Wildman–Crippen MR) is 139 cm³/mol. The number of anilines is 2. The van der Waals surface area contributed by atoms with E-state index in [1.807, 2.05) is 30.4 Å². The Morgan fingerprint density at radius 1 is 1.24 bits per heavy atom. The molecule has 1 atom stereocenters. The van der Waals surface area contributed by atoms with Gasteiger partial charge in [0.15, 0.2) is 5.82 Å². The fourth-order valence-corrected chi connectivity index (χ4v) is 6.14. The van der Waals surface area contributed by atoms with Gasteiger partial charge in [-0.2, -0.15) is 15.5 Å². The number of aromatic nitrogens is 4. The average molecular weight is 500 g/mol. The summed E-state index contributed by atoms with van der Waals surface area (Å²) in [4.78, 5) is 16.6. The maximum Gasteiger partial charge on any atom is 0.219 e. The molecule has 1 amide bonds. The SMILES string of the molecule is CC(=O)N1CCc2c(c(N3C[C@@H](C)Cc4cc(-c5cnn(C)c5)c(C#N)cc43)nn2C2CCOCC2)C1. The second kappa shape index (κ2) is 9.34. The molecule has 5 heterocycles. The minimum atomic E-state index is 0.0932. The topological polar surface area (TPSA) is 92.2 Å². The van der Waals surface area contributed by atoms with Crippen LogP contribution in [0.1, 0.15) is 55.1 Å². The zero-order chi connectivity index (χ0) is 25.7. The summed E-state index contributed by atoms with van der Waals surface area (Å²) in [5.74, 6) is 1.44. The summed E-state index contributed by atoms with van der Waals surface area (Å²) in [6, 6.07) is 6.92. The van der Waals surface area contributed by atoms with Crippen molar-refractivity contribution < 1.29 is 9.53 Å². The first-order chi connectivity index (χ1) is 17.9. The Balaban J connectivity index is 1.48. The van der Waals surface area contributed by atoms with E-state index in [0.29, 0.717) is 24.1 Å². The van der Waals surface area contributed by atoms with Gasteiger partial charge in [0.05, 0.1) is 30.4 Å². The van der Waals surface area contributed by atoms with Crippen LogP contribution >= 0.6 is 0 Å². The summed E-state index contributed by atoms with van der Waals surface area (Å²) in [6.07, 6.45) is 7.41. The predicted octanol–water partition coefficient (Wildman–Crippen LogP) is 3.74. The molecule has 2 aromatic heterocycles. The number of fused-ring (bicyclic) bond motifs is 2. The van der Waals surface area contributed by atoms with Crippen LogP contribution < -0.4 is 4.90 Å². The Morgan fingerprint density at radius 3 is 2.76 bits per heavy atom. The van der Waals surface area contributed by atoms with Gasteiger partial charge in [-0.3, -0.25) is 14.2 Å². The Kier molecular flexibility index (Phi) is 6.00.